The van der Waals surface area contributed by atoms with Crippen LogP contribution in [0.1, 0.15) is 13.3 Å². The van der Waals surface area contributed by atoms with Crippen molar-refractivity contribution >= 4 is 39.3 Å². The highest BCUT2D eigenvalue weighted by Gasteiger charge is 2.17. The van der Waals surface area contributed by atoms with E-state index in [0.29, 0.717) is 5.75 Å². The molecular formula is C13H16N2O2S2. The molecular weight excluding hydrogens is 280 g/mol. The highest BCUT2D eigenvalue weighted by atomic mass is 32.2. The second-order valence-corrected chi connectivity index (χ2v) is 6.40. The van der Waals surface area contributed by atoms with Gasteiger partial charge in [-0.3, -0.25) is 4.79 Å². The van der Waals surface area contributed by atoms with Gasteiger partial charge in [-0.05, 0) is 25.1 Å². The molecule has 2 rings (SSSR count). The van der Waals surface area contributed by atoms with E-state index in [9.17, 15) is 4.79 Å². The normalized spacial score (nSPS) is 12.7. The standard InChI is InChI=1S/C13H16N2O2S2/c1-2-7-14-10(12(16)17)8-18-13-15-9-5-3-4-6-11(9)19-13/h3-6,10,14H,2,7-8H2,1H3,(H,16,17). The predicted octanol–water partition coefficient (Wildman–Crippen LogP) is 2.84. The van der Waals surface area contributed by atoms with Gasteiger partial charge in [0.2, 0.25) is 0 Å². The zero-order chi connectivity index (χ0) is 13.7. The molecule has 19 heavy (non-hydrogen) atoms. The number of para-hydroxylation sites is 1. The molecule has 0 amide bonds. The smallest absolute Gasteiger partial charge is 0.321 e. The van der Waals surface area contributed by atoms with Gasteiger partial charge in [0.15, 0.2) is 4.34 Å². The Morgan fingerprint density at radius 3 is 3.00 bits per heavy atom. The van der Waals surface area contributed by atoms with Crippen LogP contribution in [0.2, 0.25) is 0 Å². The van der Waals surface area contributed by atoms with E-state index in [4.69, 9.17) is 5.11 Å². The minimum absolute atomic E-state index is 0.495. The molecule has 0 aliphatic rings. The molecule has 0 radical (unpaired) electrons. The van der Waals surface area contributed by atoms with Crippen LogP contribution in [0.15, 0.2) is 28.6 Å². The number of aliphatic carboxylic acids is 1. The number of hydrogen-bond donors (Lipinski definition) is 2. The molecule has 0 fully saturated rings. The van der Waals surface area contributed by atoms with E-state index in [-0.39, 0.29) is 0 Å². The summed E-state index contributed by atoms with van der Waals surface area (Å²) in [4.78, 5) is 15.6. The number of carbonyl (C=O) groups is 1. The summed E-state index contributed by atoms with van der Waals surface area (Å²) in [6, 6.07) is 7.43. The summed E-state index contributed by atoms with van der Waals surface area (Å²) in [5, 5.41) is 12.2. The lowest BCUT2D eigenvalue weighted by Crippen LogP contribution is -2.39. The topological polar surface area (TPSA) is 62.2 Å². The number of thiazole rings is 1. The molecule has 0 aliphatic carbocycles. The molecule has 0 aliphatic heterocycles. The van der Waals surface area contributed by atoms with E-state index in [1.807, 2.05) is 31.2 Å². The maximum absolute atomic E-state index is 11.1. The number of rotatable bonds is 7. The van der Waals surface area contributed by atoms with E-state index in [1.165, 1.54) is 11.8 Å². The van der Waals surface area contributed by atoms with Crippen molar-refractivity contribution in [2.75, 3.05) is 12.3 Å². The van der Waals surface area contributed by atoms with Crippen LogP contribution < -0.4 is 5.32 Å². The lowest BCUT2D eigenvalue weighted by atomic mass is 10.3. The molecule has 1 atom stereocenters. The first-order valence-electron chi connectivity index (χ1n) is 6.15. The second-order valence-electron chi connectivity index (χ2n) is 4.10. The molecule has 4 nitrogen and oxygen atoms in total. The summed E-state index contributed by atoms with van der Waals surface area (Å²) in [7, 11) is 0. The van der Waals surface area contributed by atoms with Crippen LogP contribution >= 0.6 is 23.1 Å². The third-order valence-corrected chi connectivity index (χ3v) is 4.86. The van der Waals surface area contributed by atoms with Gasteiger partial charge in [-0.2, -0.15) is 0 Å². The van der Waals surface area contributed by atoms with Gasteiger partial charge in [0.1, 0.15) is 6.04 Å². The molecule has 1 aromatic heterocycles. The van der Waals surface area contributed by atoms with Gasteiger partial charge >= 0.3 is 5.97 Å². The first-order chi connectivity index (χ1) is 9.20. The third kappa shape index (κ3) is 3.92. The quantitative estimate of drug-likeness (QED) is 0.769. The molecule has 1 aromatic carbocycles. The summed E-state index contributed by atoms with van der Waals surface area (Å²) in [6.07, 6.45) is 0.926. The fourth-order valence-electron chi connectivity index (χ4n) is 1.60. The zero-order valence-corrected chi connectivity index (χ0v) is 12.3. The Kier molecular flexibility index (Phi) is 5.18. The molecule has 6 heteroatoms. The minimum Gasteiger partial charge on any atom is -0.480 e. The Bertz CT molecular complexity index is 523. The number of carboxylic acids is 1. The van der Waals surface area contributed by atoms with Crippen LogP contribution in [-0.2, 0) is 4.79 Å². The van der Waals surface area contributed by atoms with Crippen LogP contribution in [0.25, 0.3) is 10.2 Å². The van der Waals surface area contributed by atoms with Crippen molar-refractivity contribution in [2.45, 2.75) is 23.7 Å². The van der Waals surface area contributed by atoms with Crippen molar-refractivity contribution in [3.63, 3.8) is 0 Å². The lowest BCUT2D eigenvalue weighted by Gasteiger charge is -2.12. The van der Waals surface area contributed by atoms with E-state index < -0.39 is 12.0 Å². The van der Waals surface area contributed by atoms with Crippen molar-refractivity contribution in [3.05, 3.63) is 24.3 Å². The average molecular weight is 296 g/mol. The van der Waals surface area contributed by atoms with Gasteiger partial charge in [0.05, 0.1) is 10.2 Å². The van der Waals surface area contributed by atoms with Crippen molar-refractivity contribution in [1.82, 2.24) is 10.3 Å². The van der Waals surface area contributed by atoms with Crippen molar-refractivity contribution in [2.24, 2.45) is 0 Å². The summed E-state index contributed by atoms with van der Waals surface area (Å²) in [5.41, 5.74) is 0.975. The maximum atomic E-state index is 11.1. The number of hydrogen-bond acceptors (Lipinski definition) is 5. The van der Waals surface area contributed by atoms with Gasteiger partial charge in [0.25, 0.3) is 0 Å². The number of nitrogens with one attached hydrogen (secondary N) is 1. The first-order valence-corrected chi connectivity index (χ1v) is 7.95. The van der Waals surface area contributed by atoms with E-state index in [0.717, 1.165) is 27.5 Å². The zero-order valence-electron chi connectivity index (χ0n) is 10.6. The van der Waals surface area contributed by atoms with Crippen molar-refractivity contribution in [1.29, 1.82) is 0 Å². The van der Waals surface area contributed by atoms with Crippen LogP contribution in [0.5, 0.6) is 0 Å². The van der Waals surface area contributed by atoms with Crippen molar-refractivity contribution in [3.8, 4) is 0 Å². The highest BCUT2D eigenvalue weighted by molar-refractivity contribution is 8.01. The predicted molar refractivity (Wildman–Crippen MR) is 80.1 cm³/mol. The molecule has 0 spiro atoms. The fraction of sp³-hybridized carbons (Fsp3) is 0.385. The highest BCUT2D eigenvalue weighted by Crippen LogP contribution is 2.29. The minimum atomic E-state index is -0.804. The van der Waals surface area contributed by atoms with E-state index in [2.05, 4.69) is 10.3 Å². The summed E-state index contributed by atoms with van der Waals surface area (Å²) < 4.78 is 2.06. The molecule has 0 saturated heterocycles. The molecule has 0 bridgehead atoms. The third-order valence-electron chi connectivity index (χ3n) is 2.59. The largest absolute Gasteiger partial charge is 0.480 e. The number of fused-ring (bicyclic) bond motifs is 1. The molecule has 0 saturated carbocycles. The van der Waals surface area contributed by atoms with Crippen molar-refractivity contribution < 1.29 is 9.90 Å². The van der Waals surface area contributed by atoms with Gasteiger partial charge < -0.3 is 10.4 Å². The number of thioether (sulfide) groups is 1. The SMILES string of the molecule is CCCNC(CSc1nc2ccccc2s1)C(=O)O. The van der Waals surface area contributed by atoms with E-state index in [1.54, 1.807) is 11.3 Å². The number of aromatic nitrogens is 1. The molecule has 2 N–H and O–H groups in total. The Morgan fingerprint density at radius 1 is 1.53 bits per heavy atom. The van der Waals surface area contributed by atoms with Crippen LogP contribution in [0.4, 0.5) is 0 Å². The second kappa shape index (κ2) is 6.88. The van der Waals surface area contributed by atoms with Gasteiger partial charge in [0, 0.05) is 5.75 Å². The summed E-state index contributed by atoms with van der Waals surface area (Å²) in [6.45, 7) is 2.74. The fourth-order valence-corrected chi connectivity index (χ4v) is 3.74. The lowest BCUT2D eigenvalue weighted by molar-refractivity contribution is -0.138. The van der Waals surface area contributed by atoms with Crippen LogP contribution in [-0.4, -0.2) is 34.4 Å². The average Bonchev–Trinajstić information content (AvgIpc) is 2.81. The molecule has 1 heterocycles. The summed E-state index contributed by atoms with van der Waals surface area (Å²) in [5.74, 6) is -0.308. The monoisotopic (exact) mass is 296 g/mol. The summed E-state index contributed by atoms with van der Waals surface area (Å²) >= 11 is 3.10. The maximum Gasteiger partial charge on any atom is 0.321 e. The molecule has 102 valence electrons. The van der Waals surface area contributed by atoms with Gasteiger partial charge in [-0.25, -0.2) is 4.98 Å². The Hall–Kier alpha value is -1.11. The molecule has 1 unspecified atom stereocenters. The number of benzene rings is 1. The first kappa shape index (κ1) is 14.3. The van der Waals surface area contributed by atoms with Gasteiger partial charge in [-0.1, -0.05) is 30.8 Å². The van der Waals surface area contributed by atoms with Crippen LogP contribution in [0, 0.1) is 0 Å². The van der Waals surface area contributed by atoms with E-state index >= 15 is 0 Å². The van der Waals surface area contributed by atoms with Gasteiger partial charge in [-0.15, -0.1) is 11.3 Å². The number of nitrogens with zero attached hydrogens (tertiary/aromatic N) is 1. The Balaban J connectivity index is 1.97. The molecule has 2 aromatic rings. The Labute approximate surface area is 120 Å². The Morgan fingerprint density at radius 2 is 2.32 bits per heavy atom. The number of carboxylic acid groups (broad SMARTS) is 1. The van der Waals surface area contributed by atoms with Crippen LogP contribution in [0.3, 0.4) is 0 Å².